The molecule has 0 bridgehead atoms. The van der Waals surface area contributed by atoms with Crippen LogP contribution in [-0.2, 0) is 22.9 Å². The van der Waals surface area contributed by atoms with E-state index in [9.17, 15) is 12.8 Å². The zero-order valence-corrected chi connectivity index (χ0v) is 14.9. The Morgan fingerprint density at radius 1 is 1.35 bits per heavy atom. The number of benzene rings is 1. The van der Waals surface area contributed by atoms with E-state index >= 15 is 0 Å². The highest BCUT2D eigenvalue weighted by atomic mass is 32.2. The van der Waals surface area contributed by atoms with E-state index in [0.29, 0.717) is 25.2 Å². The van der Waals surface area contributed by atoms with Crippen molar-refractivity contribution in [1.29, 1.82) is 0 Å². The largest absolute Gasteiger partial charge is 0.327 e. The van der Waals surface area contributed by atoms with Gasteiger partial charge in [-0.2, -0.15) is 0 Å². The molecule has 0 saturated heterocycles. The summed E-state index contributed by atoms with van der Waals surface area (Å²) in [4.78, 5) is 6.49. The quantitative estimate of drug-likeness (QED) is 0.776. The molecule has 1 atom stereocenters. The molecule has 0 radical (unpaired) electrons. The monoisotopic (exact) mass is 341 g/mol. The Balaban J connectivity index is 2.34. The second-order valence-corrected chi connectivity index (χ2v) is 8.07. The van der Waals surface area contributed by atoms with Crippen LogP contribution >= 0.6 is 0 Å². The third-order valence-electron chi connectivity index (χ3n) is 4.04. The van der Waals surface area contributed by atoms with Gasteiger partial charge < -0.3 is 4.57 Å². The first-order chi connectivity index (χ1) is 10.8. The number of sulfone groups is 1. The first kappa shape index (κ1) is 17.9. The summed E-state index contributed by atoms with van der Waals surface area (Å²) in [5, 5.41) is 0. The zero-order chi connectivity index (χ0) is 17.2. The van der Waals surface area contributed by atoms with Crippen LogP contribution in [-0.4, -0.2) is 47.5 Å². The third kappa shape index (κ3) is 4.09. The topological polar surface area (TPSA) is 55.2 Å². The fraction of sp³-hybridized carbons (Fsp3) is 0.562. The van der Waals surface area contributed by atoms with E-state index in [2.05, 4.69) is 4.98 Å². The van der Waals surface area contributed by atoms with Crippen molar-refractivity contribution in [3.8, 4) is 0 Å². The lowest BCUT2D eigenvalue weighted by molar-refractivity contribution is 0.218. The van der Waals surface area contributed by atoms with Crippen LogP contribution in [0.1, 0.15) is 26.6 Å². The lowest BCUT2D eigenvalue weighted by Gasteiger charge is -2.27. The first-order valence-electron chi connectivity index (χ1n) is 7.82. The van der Waals surface area contributed by atoms with Gasteiger partial charge >= 0.3 is 0 Å². The van der Waals surface area contributed by atoms with Gasteiger partial charge in [-0.05, 0) is 32.5 Å². The Morgan fingerprint density at radius 2 is 2.04 bits per heavy atom. The van der Waals surface area contributed by atoms with Crippen molar-refractivity contribution in [1.82, 2.24) is 14.5 Å². The highest BCUT2D eigenvalue weighted by molar-refractivity contribution is 7.90. The normalized spacial score (nSPS) is 13.8. The van der Waals surface area contributed by atoms with Gasteiger partial charge in [0.15, 0.2) is 5.82 Å². The Bertz CT molecular complexity index is 786. The van der Waals surface area contributed by atoms with Gasteiger partial charge in [0, 0.05) is 18.8 Å². The maximum absolute atomic E-state index is 13.9. The van der Waals surface area contributed by atoms with Crippen LogP contribution in [0.25, 0.3) is 11.0 Å². The first-order valence-corrected chi connectivity index (χ1v) is 9.88. The minimum Gasteiger partial charge on any atom is -0.327 e. The van der Waals surface area contributed by atoms with Crippen molar-refractivity contribution in [3.05, 3.63) is 29.8 Å². The van der Waals surface area contributed by atoms with Crippen molar-refractivity contribution in [2.45, 2.75) is 39.9 Å². The number of imidazole rings is 1. The van der Waals surface area contributed by atoms with E-state index in [-0.39, 0.29) is 17.6 Å². The average molecular weight is 341 g/mol. The summed E-state index contributed by atoms with van der Waals surface area (Å²) in [6, 6.07) is 4.82. The molecule has 7 heteroatoms. The summed E-state index contributed by atoms with van der Waals surface area (Å²) >= 11 is 0. The van der Waals surface area contributed by atoms with Crippen molar-refractivity contribution in [2.24, 2.45) is 0 Å². The molecule has 128 valence electrons. The van der Waals surface area contributed by atoms with E-state index in [4.69, 9.17) is 0 Å². The number of hydrogen-bond donors (Lipinski definition) is 0. The van der Waals surface area contributed by atoms with Gasteiger partial charge in [-0.25, -0.2) is 17.8 Å². The predicted octanol–water partition coefficient (Wildman–Crippen LogP) is 2.45. The van der Waals surface area contributed by atoms with Crippen LogP contribution in [0.4, 0.5) is 4.39 Å². The van der Waals surface area contributed by atoms with E-state index in [0.717, 1.165) is 11.3 Å². The van der Waals surface area contributed by atoms with Gasteiger partial charge in [0.2, 0.25) is 0 Å². The highest BCUT2D eigenvalue weighted by Gasteiger charge is 2.21. The fourth-order valence-electron chi connectivity index (χ4n) is 2.94. The minimum atomic E-state index is -3.05. The van der Waals surface area contributed by atoms with E-state index in [1.807, 2.05) is 36.3 Å². The summed E-state index contributed by atoms with van der Waals surface area (Å²) in [6.07, 6.45) is 1.24. The molecule has 2 rings (SSSR count). The standard InChI is InChI=1S/C16H24FN3O2S/c1-5-19(12(3)11-23(4,21)22)10-15-18-16-13(17)8-7-9-14(16)20(15)6-2/h7-9,12H,5-6,10-11H2,1-4H3. The molecule has 0 spiro atoms. The maximum atomic E-state index is 13.9. The van der Waals surface area contributed by atoms with Crippen LogP contribution in [0.3, 0.4) is 0 Å². The molecule has 1 unspecified atom stereocenters. The molecular formula is C16H24FN3O2S. The average Bonchev–Trinajstić information content (AvgIpc) is 2.81. The van der Waals surface area contributed by atoms with Gasteiger partial charge in [0.1, 0.15) is 21.2 Å². The van der Waals surface area contributed by atoms with E-state index in [1.54, 1.807) is 6.07 Å². The summed E-state index contributed by atoms with van der Waals surface area (Å²) in [6.45, 7) is 7.75. The molecule has 0 saturated carbocycles. The lowest BCUT2D eigenvalue weighted by atomic mass is 10.3. The van der Waals surface area contributed by atoms with E-state index < -0.39 is 9.84 Å². The van der Waals surface area contributed by atoms with Crippen LogP contribution in [0.5, 0.6) is 0 Å². The summed E-state index contributed by atoms with van der Waals surface area (Å²) < 4.78 is 39.0. The molecule has 0 N–H and O–H groups in total. The molecule has 0 aliphatic rings. The molecule has 1 aromatic carbocycles. The SMILES string of the molecule is CCN(Cc1nc2c(F)cccc2n1CC)C(C)CS(C)(=O)=O. The van der Waals surface area contributed by atoms with Crippen molar-refractivity contribution in [3.63, 3.8) is 0 Å². The molecule has 0 aliphatic heterocycles. The molecule has 0 aliphatic carbocycles. The number of aryl methyl sites for hydroxylation is 1. The molecule has 5 nitrogen and oxygen atoms in total. The number of aromatic nitrogens is 2. The smallest absolute Gasteiger partial charge is 0.151 e. The Morgan fingerprint density at radius 3 is 2.61 bits per heavy atom. The number of halogens is 1. The van der Waals surface area contributed by atoms with Gasteiger partial charge in [-0.3, -0.25) is 4.90 Å². The number of fused-ring (bicyclic) bond motifs is 1. The van der Waals surface area contributed by atoms with Crippen LogP contribution in [0, 0.1) is 5.82 Å². The van der Waals surface area contributed by atoms with Gasteiger partial charge in [0.05, 0.1) is 17.8 Å². The second-order valence-electron chi connectivity index (χ2n) is 5.88. The van der Waals surface area contributed by atoms with Crippen LogP contribution in [0.2, 0.25) is 0 Å². The van der Waals surface area contributed by atoms with Gasteiger partial charge in [-0.1, -0.05) is 13.0 Å². The van der Waals surface area contributed by atoms with Crippen molar-refractivity contribution in [2.75, 3.05) is 18.6 Å². The lowest BCUT2D eigenvalue weighted by Crippen LogP contribution is -2.38. The predicted molar refractivity (Wildman–Crippen MR) is 90.6 cm³/mol. The number of rotatable bonds is 7. The molecule has 2 aromatic rings. The molecule has 0 amide bonds. The summed E-state index contributed by atoms with van der Waals surface area (Å²) in [7, 11) is -3.05. The zero-order valence-electron chi connectivity index (χ0n) is 14.1. The van der Waals surface area contributed by atoms with Gasteiger partial charge in [-0.15, -0.1) is 0 Å². The highest BCUT2D eigenvalue weighted by Crippen LogP contribution is 2.21. The minimum absolute atomic E-state index is 0.0988. The van der Waals surface area contributed by atoms with Crippen LogP contribution in [0.15, 0.2) is 18.2 Å². The van der Waals surface area contributed by atoms with Gasteiger partial charge in [0.25, 0.3) is 0 Å². The third-order valence-corrected chi connectivity index (χ3v) is 5.13. The molecule has 0 fully saturated rings. The summed E-state index contributed by atoms with van der Waals surface area (Å²) in [5.74, 6) is 0.527. The Kier molecular flexibility index (Phi) is 5.41. The molecule has 1 heterocycles. The number of para-hydroxylation sites is 1. The van der Waals surface area contributed by atoms with E-state index in [1.165, 1.54) is 12.3 Å². The second kappa shape index (κ2) is 6.97. The summed E-state index contributed by atoms with van der Waals surface area (Å²) in [5.41, 5.74) is 1.14. The Hall–Kier alpha value is -1.47. The Labute approximate surface area is 137 Å². The van der Waals surface area contributed by atoms with Crippen molar-refractivity contribution >= 4 is 20.9 Å². The number of hydrogen-bond acceptors (Lipinski definition) is 4. The molecule has 1 aromatic heterocycles. The molecule has 23 heavy (non-hydrogen) atoms. The fourth-order valence-corrected chi connectivity index (χ4v) is 4.03. The number of nitrogens with zero attached hydrogens (tertiary/aromatic N) is 3. The maximum Gasteiger partial charge on any atom is 0.151 e. The molecular weight excluding hydrogens is 317 g/mol. The van der Waals surface area contributed by atoms with Crippen LogP contribution < -0.4 is 0 Å². The van der Waals surface area contributed by atoms with Crippen molar-refractivity contribution < 1.29 is 12.8 Å².